The summed E-state index contributed by atoms with van der Waals surface area (Å²) in [5.41, 5.74) is 7.99. The van der Waals surface area contributed by atoms with Gasteiger partial charge in [0.2, 0.25) is 0 Å². The number of anilines is 2. The lowest BCUT2D eigenvalue weighted by Crippen LogP contribution is -2.28. The average Bonchev–Trinajstić information content (AvgIpc) is 2.47. The monoisotopic (exact) mass is 286 g/mol. The van der Waals surface area contributed by atoms with Crippen LogP contribution in [0.15, 0.2) is 48.5 Å². The molecule has 2 aromatic rings. The smallest absolute Gasteiger partial charge is 0.337 e. The fourth-order valence-electron chi connectivity index (χ4n) is 2.20. The lowest BCUT2D eigenvalue weighted by Gasteiger charge is -2.26. The molecule has 0 aliphatic rings. The Morgan fingerprint density at radius 2 is 1.86 bits per heavy atom. The molecule has 5 nitrogen and oxygen atoms in total. The van der Waals surface area contributed by atoms with E-state index in [1.165, 1.54) is 6.07 Å². The van der Waals surface area contributed by atoms with Crippen molar-refractivity contribution >= 4 is 17.3 Å². The van der Waals surface area contributed by atoms with Crippen molar-refractivity contribution in [3.63, 3.8) is 0 Å². The molecule has 0 saturated carbocycles. The zero-order valence-corrected chi connectivity index (χ0v) is 11.6. The van der Waals surface area contributed by atoms with Crippen LogP contribution in [0.25, 0.3) is 0 Å². The zero-order valence-electron chi connectivity index (χ0n) is 11.6. The summed E-state index contributed by atoms with van der Waals surface area (Å²) in [7, 11) is 0. The fourth-order valence-corrected chi connectivity index (χ4v) is 2.20. The summed E-state index contributed by atoms with van der Waals surface area (Å²) in [5, 5.41) is 18.6. The topological polar surface area (TPSA) is 86.8 Å². The van der Waals surface area contributed by atoms with Crippen molar-refractivity contribution in [2.75, 3.05) is 23.8 Å². The van der Waals surface area contributed by atoms with Gasteiger partial charge in [-0.05, 0) is 23.8 Å². The molecular weight excluding hydrogens is 268 g/mol. The molecule has 0 saturated heterocycles. The maximum absolute atomic E-state index is 11.4. The van der Waals surface area contributed by atoms with Gasteiger partial charge in [-0.1, -0.05) is 30.3 Å². The second-order valence-electron chi connectivity index (χ2n) is 4.71. The second-order valence-corrected chi connectivity index (χ2v) is 4.71. The van der Waals surface area contributed by atoms with Crippen LogP contribution in [0.2, 0.25) is 0 Å². The number of rotatable bonds is 6. The molecule has 2 rings (SSSR count). The largest absolute Gasteiger partial charge is 0.478 e. The fraction of sp³-hybridized carbons (Fsp3) is 0.188. The molecule has 4 N–H and O–H groups in total. The van der Waals surface area contributed by atoms with Crippen LogP contribution < -0.4 is 10.6 Å². The van der Waals surface area contributed by atoms with Crippen LogP contribution >= 0.6 is 0 Å². The van der Waals surface area contributed by atoms with Gasteiger partial charge in [-0.25, -0.2) is 4.79 Å². The van der Waals surface area contributed by atoms with Gasteiger partial charge >= 0.3 is 5.97 Å². The van der Waals surface area contributed by atoms with E-state index in [-0.39, 0.29) is 12.2 Å². The number of benzene rings is 2. The Labute approximate surface area is 123 Å². The number of hydrogen-bond donors (Lipinski definition) is 3. The van der Waals surface area contributed by atoms with E-state index in [0.29, 0.717) is 24.5 Å². The van der Waals surface area contributed by atoms with Crippen LogP contribution in [-0.4, -0.2) is 29.3 Å². The van der Waals surface area contributed by atoms with Gasteiger partial charge in [-0.3, -0.25) is 0 Å². The Kier molecular flexibility index (Phi) is 4.79. The van der Waals surface area contributed by atoms with Crippen molar-refractivity contribution < 1.29 is 15.0 Å². The van der Waals surface area contributed by atoms with E-state index in [9.17, 15) is 15.0 Å². The highest BCUT2D eigenvalue weighted by molar-refractivity contribution is 5.95. The highest BCUT2D eigenvalue weighted by Gasteiger charge is 2.16. The first-order chi connectivity index (χ1) is 10.1. The number of aliphatic hydroxyl groups is 1. The minimum atomic E-state index is -1.01. The third-order valence-corrected chi connectivity index (χ3v) is 3.18. The molecule has 0 amide bonds. The number of nitrogens with two attached hydrogens (primary N) is 1. The molecule has 0 aliphatic carbocycles. The zero-order chi connectivity index (χ0) is 15.2. The molecule has 0 aliphatic heterocycles. The van der Waals surface area contributed by atoms with Gasteiger partial charge in [0.25, 0.3) is 0 Å². The number of aliphatic hydroxyl groups excluding tert-OH is 1. The molecule has 0 bridgehead atoms. The number of nitrogen functional groups attached to an aromatic ring is 1. The van der Waals surface area contributed by atoms with Crippen LogP contribution in [0, 0.1) is 0 Å². The van der Waals surface area contributed by atoms with Gasteiger partial charge in [0, 0.05) is 18.8 Å². The van der Waals surface area contributed by atoms with Gasteiger partial charge in [0.1, 0.15) is 0 Å². The number of carbonyl (C=O) groups is 1. The first kappa shape index (κ1) is 14.9. The summed E-state index contributed by atoms with van der Waals surface area (Å²) in [4.78, 5) is 13.2. The maximum Gasteiger partial charge on any atom is 0.337 e. The number of carboxylic acid groups (broad SMARTS) is 1. The summed E-state index contributed by atoms with van der Waals surface area (Å²) in [6.07, 6.45) is 0. The summed E-state index contributed by atoms with van der Waals surface area (Å²) >= 11 is 0. The molecule has 0 unspecified atom stereocenters. The van der Waals surface area contributed by atoms with Crippen LogP contribution in [0.5, 0.6) is 0 Å². The second kappa shape index (κ2) is 6.76. The van der Waals surface area contributed by atoms with Crippen LogP contribution in [0.4, 0.5) is 11.4 Å². The van der Waals surface area contributed by atoms with Crippen molar-refractivity contribution in [3.05, 3.63) is 59.7 Å². The molecule has 0 atom stereocenters. The van der Waals surface area contributed by atoms with E-state index in [4.69, 9.17) is 5.73 Å². The Bertz CT molecular complexity index is 614. The number of nitrogens with zero attached hydrogens (tertiary/aromatic N) is 1. The normalized spacial score (nSPS) is 10.3. The third kappa shape index (κ3) is 3.73. The van der Waals surface area contributed by atoms with Crippen molar-refractivity contribution in [2.45, 2.75) is 6.54 Å². The SMILES string of the molecule is Nc1ccc(C(=O)O)c(N(CCO)Cc2ccccc2)c1. The molecule has 110 valence electrons. The molecule has 21 heavy (non-hydrogen) atoms. The summed E-state index contributed by atoms with van der Waals surface area (Å²) in [6.45, 7) is 0.768. The van der Waals surface area contributed by atoms with E-state index in [1.54, 1.807) is 12.1 Å². The van der Waals surface area contributed by atoms with Crippen molar-refractivity contribution in [1.82, 2.24) is 0 Å². The Morgan fingerprint density at radius 3 is 2.48 bits per heavy atom. The highest BCUT2D eigenvalue weighted by atomic mass is 16.4. The van der Waals surface area contributed by atoms with E-state index >= 15 is 0 Å². The molecule has 0 fully saturated rings. The van der Waals surface area contributed by atoms with Gasteiger partial charge in [0.05, 0.1) is 17.9 Å². The van der Waals surface area contributed by atoms with Crippen LogP contribution in [0.1, 0.15) is 15.9 Å². The van der Waals surface area contributed by atoms with E-state index in [1.807, 2.05) is 35.2 Å². The van der Waals surface area contributed by atoms with Crippen molar-refractivity contribution in [2.24, 2.45) is 0 Å². The Hall–Kier alpha value is -2.53. The van der Waals surface area contributed by atoms with Crippen LogP contribution in [-0.2, 0) is 6.54 Å². The Morgan fingerprint density at radius 1 is 1.14 bits per heavy atom. The third-order valence-electron chi connectivity index (χ3n) is 3.18. The summed E-state index contributed by atoms with van der Waals surface area (Å²) in [5.74, 6) is -1.01. The lowest BCUT2D eigenvalue weighted by molar-refractivity contribution is 0.0697. The van der Waals surface area contributed by atoms with Gasteiger partial charge in [-0.2, -0.15) is 0 Å². The first-order valence-corrected chi connectivity index (χ1v) is 6.64. The minimum absolute atomic E-state index is 0.0688. The van der Waals surface area contributed by atoms with Crippen LogP contribution in [0.3, 0.4) is 0 Å². The molecular formula is C16H18N2O3. The quantitative estimate of drug-likeness (QED) is 0.707. The van der Waals surface area contributed by atoms with Crippen molar-refractivity contribution in [3.8, 4) is 0 Å². The predicted molar refractivity (Wildman–Crippen MR) is 82.4 cm³/mol. The molecule has 0 heterocycles. The molecule has 0 spiro atoms. The molecule has 5 heteroatoms. The highest BCUT2D eigenvalue weighted by Crippen LogP contribution is 2.25. The maximum atomic E-state index is 11.4. The van der Waals surface area contributed by atoms with E-state index in [0.717, 1.165) is 5.56 Å². The van der Waals surface area contributed by atoms with E-state index < -0.39 is 5.97 Å². The van der Waals surface area contributed by atoms with Gasteiger partial charge in [0.15, 0.2) is 0 Å². The lowest BCUT2D eigenvalue weighted by atomic mass is 10.1. The standard InChI is InChI=1S/C16H18N2O3/c17-13-6-7-14(16(20)21)15(10-13)18(8-9-19)11-12-4-2-1-3-5-12/h1-7,10,19H,8-9,11,17H2,(H,20,21). The molecule has 0 aromatic heterocycles. The first-order valence-electron chi connectivity index (χ1n) is 6.64. The number of carboxylic acids is 1. The van der Waals surface area contributed by atoms with Crippen molar-refractivity contribution in [1.29, 1.82) is 0 Å². The molecule has 0 radical (unpaired) electrons. The number of aromatic carboxylic acids is 1. The van der Waals surface area contributed by atoms with Gasteiger partial charge < -0.3 is 20.8 Å². The molecule has 2 aromatic carbocycles. The average molecular weight is 286 g/mol. The minimum Gasteiger partial charge on any atom is -0.478 e. The summed E-state index contributed by atoms with van der Waals surface area (Å²) < 4.78 is 0. The predicted octanol–water partition coefficient (Wildman–Crippen LogP) is 1.97. The summed E-state index contributed by atoms with van der Waals surface area (Å²) in [6, 6.07) is 14.3. The Balaban J connectivity index is 2.37. The van der Waals surface area contributed by atoms with E-state index in [2.05, 4.69) is 0 Å². The number of hydrogen-bond acceptors (Lipinski definition) is 4. The van der Waals surface area contributed by atoms with Gasteiger partial charge in [-0.15, -0.1) is 0 Å².